The van der Waals surface area contributed by atoms with Gasteiger partial charge in [-0.05, 0) is 11.1 Å². The van der Waals surface area contributed by atoms with Crippen LogP contribution >= 0.6 is 0 Å². The third-order valence-corrected chi connectivity index (χ3v) is 2.90. The Balaban J connectivity index is 1.90. The molecule has 0 unspecified atom stereocenters. The van der Waals surface area contributed by atoms with Crippen molar-refractivity contribution in [1.82, 2.24) is 15.4 Å². The summed E-state index contributed by atoms with van der Waals surface area (Å²) < 4.78 is 0. The van der Waals surface area contributed by atoms with Crippen LogP contribution in [-0.4, -0.2) is 21.2 Å². The molecular weight excluding hydrogens is 238 g/mol. The summed E-state index contributed by atoms with van der Waals surface area (Å²) in [6, 6.07) is 17.5. The van der Waals surface area contributed by atoms with Crippen molar-refractivity contribution in [3.63, 3.8) is 0 Å². The number of nitrogens with zero attached hydrogens (tertiary/aromatic N) is 2. The molecule has 3 aromatic rings. The standard InChI is InChI=1S/C15H11N3O/c19-15(14-10-16-18-17-14)13-8-6-12(7-9-13)11-4-2-1-3-5-11/h1-10H,(H,16,17,18). The third-order valence-electron chi connectivity index (χ3n) is 2.90. The lowest BCUT2D eigenvalue weighted by molar-refractivity contribution is 0.103. The maximum atomic E-state index is 12.0. The Labute approximate surface area is 110 Å². The summed E-state index contributed by atoms with van der Waals surface area (Å²) in [4.78, 5) is 12.0. The van der Waals surface area contributed by atoms with Crippen LogP contribution in [0.15, 0.2) is 60.8 Å². The lowest BCUT2D eigenvalue weighted by atomic mass is 10.0. The number of hydrogen-bond acceptors (Lipinski definition) is 3. The number of hydrogen-bond donors (Lipinski definition) is 1. The number of aromatic amines is 1. The van der Waals surface area contributed by atoms with Crippen molar-refractivity contribution in [2.75, 3.05) is 0 Å². The van der Waals surface area contributed by atoms with Crippen molar-refractivity contribution < 1.29 is 4.79 Å². The summed E-state index contributed by atoms with van der Waals surface area (Å²) in [5, 5.41) is 9.79. The number of H-pyrrole nitrogens is 1. The quantitative estimate of drug-likeness (QED) is 0.726. The van der Waals surface area contributed by atoms with E-state index in [9.17, 15) is 4.79 Å². The van der Waals surface area contributed by atoms with Crippen LogP contribution in [0.3, 0.4) is 0 Å². The molecule has 0 aliphatic rings. The molecule has 0 bridgehead atoms. The Hall–Kier alpha value is -2.75. The van der Waals surface area contributed by atoms with E-state index in [1.54, 1.807) is 12.1 Å². The fourth-order valence-corrected chi connectivity index (χ4v) is 1.91. The van der Waals surface area contributed by atoms with Gasteiger partial charge in [-0.25, -0.2) is 0 Å². The number of nitrogens with one attached hydrogen (secondary N) is 1. The van der Waals surface area contributed by atoms with Gasteiger partial charge >= 0.3 is 0 Å². The number of benzene rings is 2. The molecule has 1 aromatic heterocycles. The molecule has 0 amide bonds. The Kier molecular flexibility index (Phi) is 2.90. The molecule has 1 N–H and O–H groups in total. The number of carbonyl (C=O) groups is 1. The summed E-state index contributed by atoms with van der Waals surface area (Å²) >= 11 is 0. The van der Waals surface area contributed by atoms with E-state index in [1.807, 2.05) is 42.5 Å². The van der Waals surface area contributed by atoms with E-state index in [-0.39, 0.29) is 5.78 Å². The molecule has 3 rings (SSSR count). The Morgan fingerprint density at radius 3 is 2.21 bits per heavy atom. The second kappa shape index (κ2) is 4.86. The lowest BCUT2D eigenvalue weighted by Gasteiger charge is -2.02. The van der Waals surface area contributed by atoms with Gasteiger partial charge in [-0.1, -0.05) is 59.8 Å². The van der Waals surface area contributed by atoms with Gasteiger partial charge in [0.25, 0.3) is 0 Å². The molecule has 4 nitrogen and oxygen atoms in total. The highest BCUT2D eigenvalue weighted by atomic mass is 16.1. The zero-order valence-corrected chi connectivity index (χ0v) is 10.1. The highest BCUT2D eigenvalue weighted by Crippen LogP contribution is 2.19. The average molecular weight is 249 g/mol. The van der Waals surface area contributed by atoms with Crippen molar-refractivity contribution in [2.24, 2.45) is 0 Å². The second-order valence-corrected chi connectivity index (χ2v) is 4.13. The first kappa shape index (κ1) is 11.3. The van der Waals surface area contributed by atoms with E-state index in [1.165, 1.54) is 6.20 Å². The van der Waals surface area contributed by atoms with Crippen LogP contribution in [-0.2, 0) is 0 Å². The van der Waals surface area contributed by atoms with Crippen LogP contribution in [0.4, 0.5) is 0 Å². The summed E-state index contributed by atoms with van der Waals surface area (Å²) in [6.07, 6.45) is 1.49. The molecule has 2 aromatic carbocycles. The third kappa shape index (κ3) is 2.28. The van der Waals surface area contributed by atoms with Crippen LogP contribution < -0.4 is 0 Å². The molecule has 92 valence electrons. The topological polar surface area (TPSA) is 58.6 Å². The van der Waals surface area contributed by atoms with Crippen LogP contribution in [0.5, 0.6) is 0 Å². The van der Waals surface area contributed by atoms with Crippen molar-refractivity contribution in [3.05, 3.63) is 72.1 Å². The number of aromatic nitrogens is 3. The largest absolute Gasteiger partial charge is 0.287 e. The van der Waals surface area contributed by atoms with Crippen LogP contribution in [0.25, 0.3) is 11.1 Å². The Morgan fingerprint density at radius 1 is 0.895 bits per heavy atom. The molecule has 0 atom stereocenters. The molecule has 0 saturated carbocycles. The molecule has 19 heavy (non-hydrogen) atoms. The molecule has 0 aliphatic carbocycles. The van der Waals surface area contributed by atoms with Gasteiger partial charge < -0.3 is 0 Å². The normalized spacial score (nSPS) is 10.3. The molecule has 4 heteroatoms. The van der Waals surface area contributed by atoms with Gasteiger partial charge in [-0.15, -0.1) is 5.10 Å². The van der Waals surface area contributed by atoms with Crippen molar-refractivity contribution in [2.45, 2.75) is 0 Å². The average Bonchev–Trinajstić information content (AvgIpc) is 3.02. The van der Waals surface area contributed by atoms with E-state index in [4.69, 9.17) is 0 Å². The zero-order valence-electron chi connectivity index (χ0n) is 10.1. The van der Waals surface area contributed by atoms with Crippen molar-refractivity contribution in [3.8, 4) is 11.1 Å². The Morgan fingerprint density at radius 2 is 1.58 bits per heavy atom. The van der Waals surface area contributed by atoms with Gasteiger partial charge in [-0.3, -0.25) is 9.89 Å². The van der Waals surface area contributed by atoms with Gasteiger partial charge in [-0.2, -0.15) is 0 Å². The van der Waals surface area contributed by atoms with Gasteiger partial charge in [0.1, 0.15) is 0 Å². The summed E-state index contributed by atoms with van der Waals surface area (Å²) in [5.74, 6) is -0.131. The summed E-state index contributed by atoms with van der Waals surface area (Å²) in [5.41, 5.74) is 3.14. The summed E-state index contributed by atoms with van der Waals surface area (Å²) in [6.45, 7) is 0. The van der Waals surface area contributed by atoms with E-state index in [0.717, 1.165) is 11.1 Å². The number of ketones is 1. The minimum Gasteiger partial charge on any atom is -0.287 e. The van der Waals surface area contributed by atoms with Crippen LogP contribution in [0.1, 0.15) is 16.1 Å². The maximum absolute atomic E-state index is 12.0. The fourth-order valence-electron chi connectivity index (χ4n) is 1.91. The summed E-state index contributed by atoms with van der Waals surface area (Å²) in [7, 11) is 0. The first-order valence-electron chi connectivity index (χ1n) is 5.91. The van der Waals surface area contributed by atoms with Gasteiger partial charge in [0.15, 0.2) is 5.69 Å². The van der Waals surface area contributed by atoms with Crippen LogP contribution in [0.2, 0.25) is 0 Å². The minimum atomic E-state index is -0.131. The van der Waals surface area contributed by atoms with Gasteiger partial charge in [0, 0.05) is 5.56 Å². The first-order valence-corrected chi connectivity index (χ1v) is 5.91. The molecule has 0 radical (unpaired) electrons. The molecule has 0 spiro atoms. The molecule has 0 saturated heterocycles. The zero-order chi connectivity index (χ0) is 13.1. The highest BCUT2D eigenvalue weighted by molar-refractivity contribution is 6.07. The van der Waals surface area contributed by atoms with Crippen LogP contribution in [0, 0.1) is 0 Å². The highest BCUT2D eigenvalue weighted by Gasteiger charge is 2.11. The molecular formula is C15H11N3O. The Bertz CT molecular complexity index is 673. The second-order valence-electron chi connectivity index (χ2n) is 4.13. The SMILES string of the molecule is O=C(c1ccc(-c2ccccc2)cc1)c1c[nH]nn1. The first-order chi connectivity index (χ1) is 9.34. The van der Waals surface area contributed by atoms with Gasteiger partial charge in [0.05, 0.1) is 6.20 Å². The van der Waals surface area contributed by atoms with E-state index in [2.05, 4.69) is 15.4 Å². The fraction of sp³-hybridized carbons (Fsp3) is 0. The van der Waals surface area contributed by atoms with E-state index in [0.29, 0.717) is 11.3 Å². The number of carbonyl (C=O) groups excluding carboxylic acids is 1. The van der Waals surface area contributed by atoms with Crippen molar-refractivity contribution >= 4 is 5.78 Å². The smallest absolute Gasteiger partial charge is 0.214 e. The van der Waals surface area contributed by atoms with E-state index >= 15 is 0 Å². The molecule has 1 heterocycles. The predicted molar refractivity (Wildman–Crippen MR) is 71.7 cm³/mol. The monoisotopic (exact) mass is 249 g/mol. The lowest BCUT2D eigenvalue weighted by Crippen LogP contribution is -2.01. The number of rotatable bonds is 3. The molecule has 0 fully saturated rings. The predicted octanol–water partition coefficient (Wildman–Crippen LogP) is 2.70. The minimum absolute atomic E-state index is 0.131. The maximum Gasteiger partial charge on any atom is 0.214 e. The van der Waals surface area contributed by atoms with Gasteiger partial charge in [0.2, 0.25) is 5.78 Å². The van der Waals surface area contributed by atoms with Crippen molar-refractivity contribution in [1.29, 1.82) is 0 Å². The molecule has 0 aliphatic heterocycles. The van der Waals surface area contributed by atoms with E-state index < -0.39 is 0 Å².